The summed E-state index contributed by atoms with van der Waals surface area (Å²) < 4.78 is 5.84. The molecule has 0 aliphatic heterocycles. The Hall–Kier alpha value is -3.31. The van der Waals surface area contributed by atoms with Crippen LogP contribution in [-0.2, 0) is 28.0 Å². The van der Waals surface area contributed by atoms with E-state index in [1.165, 1.54) is 5.56 Å². The molecule has 0 radical (unpaired) electrons. The summed E-state index contributed by atoms with van der Waals surface area (Å²) in [5.74, 6) is 0.104. The van der Waals surface area contributed by atoms with Crippen LogP contribution in [0.3, 0.4) is 0 Å². The van der Waals surface area contributed by atoms with Gasteiger partial charge in [-0.25, -0.2) is 0 Å². The number of benzene rings is 3. The summed E-state index contributed by atoms with van der Waals surface area (Å²) in [5, 5.41) is 3.33. The summed E-state index contributed by atoms with van der Waals surface area (Å²) >= 11 is 6.05. The van der Waals surface area contributed by atoms with Crippen LogP contribution in [0.25, 0.3) is 0 Å². The first-order valence-electron chi connectivity index (χ1n) is 11.7. The maximum absolute atomic E-state index is 13.5. The lowest BCUT2D eigenvalue weighted by atomic mass is 9.87. The van der Waals surface area contributed by atoms with Gasteiger partial charge < -0.3 is 15.0 Å². The molecule has 2 amide bonds. The third-order valence-electron chi connectivity index (χ3n) is 5.87. The standard InChI is InChI=1S/C29H33ClN2O3/c1-29(2,3)23-12-16-25(17-13-23)35-20-27(33)32(19-22-10-14-24(30)15-11-22)26(28(34)31-4)18-21-8-6-5-7-9-21/h5-17,26H,18-20H2,1-4H3,(H,31,34). The molecule has 6 heteroatoms. The van der Waals surface area contributed by atoms with Gasteiger partial charge in [-0.1, -0.05) is 87.0 Å². The van der Waals surface area contributed by atoms with Crippen molar-refractivity contribution < 1.29 is 14.3 Å². The molecule has 184 valence electrons. The Morgan fingerprint density at radius 1 is 0.914 bits per heavy atom. The number of hydrogen-bond acceptors (Lipinski definition) is 3. The number of ether oxygens (including phenoxy) is 1. The number of nitrogens with zero attached hydrogens (tertiary/aromatic N) is 1. The van der Waals surface area contributed by atoms with E-state index in [-0.39, 0.29) is 30.4 Å². The molecule has 3 aromatic carbocycles. The molecule has 0 aliphatic carbocycles. The van der Waals surface area contributed by atoms with Gasteiger partial charge in [0.2, 0.25) is 5.91 Å². The monoisotopic (exact) mass is 492 g/mol. The van der Waals surface area contributed by atoms with Crippen molar-refractivity contribution in [1.82, 2.24) is 10.2 Å². The molecule has 0 bridgehead atoms. The fraction of sp³-hybridized carbons (Fsp3) is 0.310. The number of carbonyl (C=O) groups is 2. The lowest BCUT2D eigenvalue weighted by molar-refractivity contribution is -0.142. The fourth-order valence-corrected chi connectivity index (χ4v) is 3.91. The lowest BCUT2D eigenvalue weighted by Gasteiger charge is -2.31. The molecule has 0 spiro atoms. The van der Waals surface area contributed by atoms with Crippen molar-refractivity contribution in [2.75, 3.05) is 13.7 Å². The maximum atomic E-state index is 13.5. The molecule has 0 aliphatic rings. The third kappa shape index (κ3) is 7.59. The van der Waals surface area contributed by atoms with Gasteiger partial charge in [0, 0.05) is 25.0 Å². The summed E-state index contributed by atoms with van der Waals surface area (Å²) in [6, 6.07) is 24.0. The smallest absolute Gasteiger partial charge is 0.261 e. The number of carbonyl (C=O) groups excluding carboxylic acids is 2. The van der Waals surface area contributed by atoms with E-state index in [0.29, 0.717) is 17.2 Å². The second-order valence-electron chi connectivity index (χ2n) is 9.53. The van der Waals surface area contributed by atoms with Gasteiger partial charge in [0.25, 0.3) is 5.91 Å². The summed E-state index contributed by atoms with van der Waals surface area (Å²) in [5.41, 5.74) is 3.05. The van der Waals surface area contributed by atoms with Crippen LogP contribution in [-0.4, -0.2) is 36.4 Å². The van der Waals surface area contributed by atoms with E-state index in [1.54, 1.807) is 24.1 Å². The summed E-state index contributed by atoms with van der Waals surface area (Å²) in [4.78, 5) is 28.0. The van der Waals surface area contributed by atoms with Gasteiger partial charge >= 0.3 is 0 Å². The molecule has 1 unspecified atom stereocenters. The van der Waals surface area contributed by atoms with Gasteiger partial charge in [0.1, 0.15) is 11.8 Å². The van der Waals surface area contributed by atoms with E-state index < -0.39 is 6.04 Å². The number of halogens is 1. The number of likely N-dealkylation sites (N-methyl/N-ethyl adjacent to an activating group) is 1. The van der Waals surface area contributed by atoms with Crippen molar-refractivity contribution in [3.05, 3.63) is 101 Å². The highest BCUT2D eigenvalue weighted by atomic mass is 35.5. The van der Waals surface area contributed by atoms with Gasteiger partial charge in [0.15, 0.2) is 6.61 Å². The Kier molecular flexibility index (Phi) is 8.94. The van der Waals surface area contributed by atoms with Gasteiger partial charge in [-0.05, 0) is 46.4 Å². The van der Waals surface area contributed by atoms with Crippen LogP contribution in [0, 0.1) is 0 Å². The van der Waals surface area contributed by atoms with Crippen molar-refractivity contribution in [3.8, 4) is 5.75 Å². The predicted octanol–water partition coefficient (Wildman–Crippen LogP) is 5.40. The Morgan fingerprint density at radius 2 is 1.54 bits per heavy atom. The fourth-order valence-electron chi connectivity index (χ4n) is 3.79. The Morgan fingerprint density at radius 3 is 2.11 bits per heavy atom. The van der Waals surface area contributed by atoms with Gasteiger partial charge in [-0.2, -0.15) is 0 Å². The predicted molar refractivity (Wildman–Crippen MR) is 141 cm³/mol. The zero-order valence-electron chi connectivity index (χ0n) is 20.8. The first-order valence-corrected chi connectivity index (χ1v) is 12.1. The quantitative estimate of drug-likeness (QED) is 0.435. The van der Waals surface area contributed by atoms with Crippen LogP contribution in [0.5, 0.6) is 5.75 Å². The van der Waals surface area contributed by atoms with E-state index in [9.17, 15) is 9.59 Å². The molecule has 1 N–H and O–H groups in total. The van der Waals surface area contributed by atoms with Crippen molar-refractivity contribution in [1.29, 1.82) is 0 Å². The van der Waals surface area contributed by atoms with Crippen molar-refractivity contribution in [2.45, 2.75) is 45.2 Å². The molecule has 0 heterocycles. The Bertz CT molecular complexity index is 1110. The number of hydrogen-bond donors (Lipinski definition) is 1. The van der Waals surface area contributed by atoms with Crippen molar-refractivity contribution >= 4 is 23.4 Å². The molecule has 0 aromatic heterocycles. The van der Waals surface area contributed by atoms with Gasteiger partial charge in [-0.3, -0.25) is 9.59 Å². The van der Waals surface area contributed by atoms with Crippen LogP contribution in [0.2, 0.25) is 5.02 Å². The molecule has 35 heavy (non-hydrogen) atoms. The molecule has 5 nitrogen and oxygen atoms in total. The first kappa shape index (κ1) is 26.3. The van der Waals surface area contributed by atoms with Gasteiger partial charge in [-0.15, -0.1) is 0 Å². The van der Waals surface area contributed by atoms with Gasteiger partial charge in [0.05, 0.1) is 0 Å². The van der Waals surface area contributed by atoms with Crippen LogP contribution in [0.15, 0.2) is 78.9 Å². The topological polar surface area (TPSA) is 58.6 Å². The van der Waals surface area contributed by atoms with E-state index >= 15 is 0 Å². The van der Waals surface area contributed by atoms with E-state index in [2.05, 4.69) is 26.1 Å². The lowest BCUT2D eigenvalue weighted by Crippen LogP contribution is -2.51. The number of rotatable bonds is 9. The van der Waals surface area contributed by atoms with Crippen LogP contribution in [0.4, 0.5) is 0 Å². The largest absolute Gasteiger partial charge is 0.484 e. The molecule has 3 rings (SSSR count). The van der Waals surface area contributed by atoms with Crippen LogP contribution < -0.4 is 10.1 Å². The average Bonchev–Trinajstić information content (AvgIpc) is 2.85. The summed E-state index contributed by atoms with van der Waals surface area (Å²) in [7, 11) is 1.58. The van der Waals surface area contributed by atoms with Crippen LogP contribution >= 0.6 is 11.6 Å². The maximum Gasteiger partial charge on any atom is 0.261 e. The zero-order chi connectivity index (χ0) is 25.4. The molecule has 0 saturated heterocycles. The minimum Gasteiger partial charge on any atom is -0.484 e. The highest BCUT2D eigenvalue weighted by Crippen LogP contribution is 2.24. The van der Waals surface area contributed by atoms with Crippen molar-refractivity contribution in [3.63, 3.8) is 0 Å². The van der Waals surface area contributed by atoms with Crippen LogP contribution in [0.1, 0.15) is 37.5 Å². The second-order valence-corrected chi connectivity index (χ2v) is 9.97. The highest BCUT2D eigenvalue weighted by Gasteiger charge is 2.30. The van der Waals surface area contributed by atoms with E-state index in [0.717, 1.165) is 11.1 Å². The average molecular weight is 493 g/mol. The van der Waals surface area contributed by atoms with E-state index in [4.69, 9.17) is 16.3 Å². The Balaban J connectivity index is 1.83. The number of amides is 2. The molecule has 1 atom stereocenters. The second kappa shape index (κ2) is 11.9. The third-order valence-corrected chi connectivity index (χ3v) is 6.12. The van der Waals surface area contributed by atoms with E-state index in [1.807, 2.05) is 66.7 Å². The summed E-state index contributed by atoms with van der Waals surface area (Å²) in [6.07, 6.45) is 0.389. The Labute approximate surface area is 213 Å². The SMILES string of the molecule is CNC(=O)C(Cc1ccccc1)N(Cc1ccc(Cl)cc1)C(=O)COc1ccc(C(C)(C)C)cc1. The first-order chi connectivity index (χ1) is 16.7. The minimum absolute atomic E-state index is 0.0297. The molecular formula is C29H33ClN2O3. The molecular weight excluding hydrogens is 460 g/mol. The molecule has 0 saturated carbocycles. The highest BCUT2D eigenvalue weighted by molar-refractivity contribution is 6.30. The minimum atomic E-state index is -0.697. The normalized spacial score (nSPS) is 12.0. The summed E-state index contributed by atoms with van der Waals surface area (Å²) in [6.45, 7) is 6.52. The molecule has 0 fully saturated rings. The zero-order valence-corrected chi connectivity index (χ0v) is 21.5. The van der Waals surface area contributed by atoms with Crippen molar-refractivity contribution in [2.24, 2.45) is 0 Å². The molecule has 3 aromatic rings. The number of nitrogens with one attached hydrogen (secondary N) is 1.